The number of carbonyl (C=O) groups excluding carboxylic acids is 1. The van der Waals surface area contributed by atoms with Crippen molar-refractivity contribution in [2.45, 2.75) is 39.3 Å². The summed E-state index contributed by atoms with van der Waals surface area (Å²) in [6, 6.07) is 10.8. The summed E-state index contributed by atoms with van der Waals surface area (Å²) >= 11 is 0. The second-order valence-corrected chi connectivity index (χ2v) is 5.21. The van der Waals surface area contributed by atoms with Crippen LogP contribution in [-0.4, -0.2) is 30.1 Å². The Morgan fingerprint density at radius 2 is 2.16 bits per heavy atom. The minimum Gasteiger partial charge on any atom is -0.466 e. The topological polar surface area (TPSA) is 29.5 Å². The highest BCUT2D eigenvalue weighted by Gasteiger charge is 2.33. The zero-order valence-electron chi connectivity index (χ0n) is 11.8. The Morgan fingerprint density at radius 1 is 1.42 bits per heavy atom. The van der Waals surface area contributed by atoms with Crippen LogP contribution in [0.1, 0.15) is 32.3 Å². The van der Waals surface area contributed by atoms with Crippen LogP contribution in [0.4, 0.5) is 0 Å². The quantitative estimate of drug-likeness (QED) is 0.763. The molecule has 104 valence electrons. The average molecular weight is 261 g/mol. The fourth-order valence-electron chi connectivity index (χ4n) is 2.86. The molecule has 1 heterocycles. The molecule has 1 aromatic carbocycles. The summed E-state index contributed by atoms with van der Waals surface area (Å²) in [5.41, 5.74) is 1.31. The van der Waals surface area contributed by atoms with Gasteiger partial charge >= 0.3 is 5.97 Å². The lowest BCUT2D eigenvalue weighted by Gasteiger charge is -2.28. The highest BCUT2D eigenvalue weighted by molar-refractivity contribution is 5.72. The van der Waals surface area contributed by atoms with Crippen LogP contribution < -0.4 is 0 Å². The molecule has 0 saturated carbocycles. The van der Waals surface area contributed by atoms with E-state index >= 15 is 0 Å². The lowest BCUT2D eigenvalue weighted by atomic mass is 9.99. The fraction of sp³-hybridized carbons (Fsp3) is 0.562. The molecule has 0 amide bonds. The van der Waals surface area contributed by atoms with Crippen LogP contribution in [0.25, 0.3) is 0 Å². The molecular weight excluding hydrogens is 238 g/mol. The summed E-state index contributed by atoms with van der Waals surface area (Å²) in [4.78, 5) is 14.3. The van der Waals surface area contributed by atoms with Crippen molar-refractivity contribution < 1.29 is 9.53 Å². The molecule has 3 nitrogen and oxygen atoms in total. The second kappa shape index (κ2) is 6.71. The predicted octanol–water partition coefficient (Wildman–Crippen LogP) is 2.85. The molecule has 3 heteroatoms. The maximum Gasteiger partial charge on any atom is 0.310 e. The van der Waals surface area contributed by atoms with Crippen molar-refractivity contribution in [2.75, 3.05) is 13.2 Å². The Hall–Kier alpha value is -1.35. The lowest BCUT2D eigenvalue weighted by Crippen LogP contribution is -2.38. The van der Waals surface area contributed by atoms with Gasteiger partial charge < -0.3 is 4.74 Å². The van der Waals surface area contributed by atoms with Crippen molar-refractivity contribution in [3.05, 3.63) is 35.9 Å². The Balaban J connectivity index is 1.98. The van der Waals surface area contributed by atoms with Crippen molar-refractivity contribution in [2.24, 2.45) is 5.92 Å². The number of ether oxygens (including phenoxy) is 1. The van der Waals surface area contributed by atoms with Gasteiger partial charge in [0.2, 0.25) is 0 Å². The summed E-state index contributed by atoms with van der Waals surface area (Å²) in [7, 11) is 0. The van der Waals surface area contributed by atoms with Crippen molar-refractivity contribution >= 4 is 5.97 Å². The van der Waals surface area contributed by atoms with Crippen LogP contribution in [0, 0.1) is 5.92 Å². The van der Waals surface area contributed by atoms with Crippen LogP contribution in [-0.2, 0) is 16.1 Å². The first-order valence-corrected chi connectivity index (χ1v) is 7.17. The molecule has 0 N–H and O–H groups in total. The summed E-state index contributed by atoms with van der Waals surface area (Å²) in [6.45, 7) is 6.32. The van der Waals surface area contributed by atoms with Gasteiger partial charge in [0.1, 0.15) is 0 Å². The van der Waals surface area contributed by atoms with E-state index in [4.69, 9.17) is 4.74 Å². The Bertz CT molecular complexity index is 404. The third kappa shape index (κ3) is 3.57. The molecule has 19 heavy (non-hydrogen) atoms. The minimum absolute atomic E-state index is 0.0360. The molecule has 1 aliphatic heterocycles. The number of rotatable bonds is 5. The van der Waals surface area contributed by atoms with Gasteiger partial charge in [-0.2, -0.15) is 0 Å². The maximum absolute atomic E-state index is 11.9. The van der Waals surface area contributed by atoms with E-state index in [1.54, 1.807) is 0 Å². The van der Waals surface area contributed by atoms with Gasteiger partial charge in [-0.15, -0.1) is 0 Å². The van der Waals surface area contributed by atoms with Gasteiger partial charge in [-0.05, 0) is 31.9 Å². The molecule has 0 unspecified atom stereocenters. The standard InChI is InChI=1S/C16H23NO2/c1-3-19-16(18)13(2)15-10-7-11-17(15)12-14-8-5-4-6-9-14/h4-6,8-9,13,15H,3,7,10-12H2,1-2H3/t13-,15+/m1/s1. The number of hydrogen-bond acceptors (Lipinski definition) is 3. The predicted molar refractivity (Wildman–Crippen MR) is 75.7 cm³/mol. The molecule has 0 bridgehead atoms. The van der Waals surface area contributed by atoms with E-state index in [9.17, 15) is 4.79 Å². The normalized spacial score (nSPS) is 21.3. The monoisotopic (exact) mass is 261 g/mol. The molecule has 0 aliphatic carbocycles. The molecule has 0 spiro atoms. The van der Waals surface area contributed by atoms with Gasteiger partial charge in [-0.1, -0.05) is 37.3 Å². The van der Waals surface area contributed by atoms with Gasteiger partial charge in [0.05, 0.1) is 12.5 Å². The molecule has 1 fully saturated rings. The van der Waals surface area contributed by atoms with Gasteiger partial charge in [-0.25, -0.2) is 0 Å². The van der Waals surface area contributed by atoms with Gasteiger partial charge in [0.15, 0.2) is 0 Å². The summed E-state index contributed by atoms with van der Waals surface area (Å²) in [5.74, 6) is -0.0985. The molecule has 0 radical (unpaired) electrons. The molecule has 2 rings (SSSR count). The molecular formula is C16H23NO2. The van der Waals surface area contributed by atoms with Crippen LogP contribution in [0.5, 0.6) is 0 Å². The van der Waals surface area contributed by atoms with Gasteiger partial charge in [0, 0.05) is 12.6 Å². The largest absolute Gasteiger partial charge is 0.466 e. The molecule has 1 aromatic rings. The number of likely N-dealkylation sites (tertiary alicyclic amines) is 1. The Morgan fingerprint density at radius 3 is 2.84 bits per heavy atom. The summed E-state index contributed by atoms with van der Waals surface area (Å²) in [6.07, 6.45) is 2.26. The van der Waals surface area contributed by atoms with Crippen molar-refractivity contribution in [3.63, 3.8) is 0 Å². The van der Waals surface area contributed by atoms with E-state index in [2.05, 4.69) is 29.2 Å². The number of nitrogens with zero attached hydrogens (tertiary/aromatic N) is 1. The number of hydrogen-bond donors (Lipinski definition) is 0. The van der Waals surface area contributed by atoms with E-state index in [1.165, 1.54) is 12.0 Å². The third-order valence-electron chi connectivity index (χ3n) is 3.88. The second-order valence-electron chi connectivity index (χ2n) is 5.21. The zero-order valence-corrected chi connectivity index (χ0v) is 11.8. The number of esters is 1. The smallest absolute Gasteiger partial charge is 0.310 e. The Kier molecular flexibility index (Phi) is 4.97. The van der Waals surface area contributed by atoms with E-state index < -0.39 is 0 Å². The average Bonchev–Trinajstić information content (AvgIpc) is 2.87. The van der Waals surface area contributed by atoms with E-state index in [0.717, 1.165) is 19.5 Å². The van der Waals surface area contributed by atoms with Crippen molar-refractivity contribution in [3.8, 4) is 0 Å². The van der Waals surface area contributed by atoms with Crippen LogP contribution >= 0.6 is 0 Å². The van der Waals surface area contributed by atoms with Crippen LogP contribution in [0.2, 0.25) is 0 Å². The summed E-state index contributed by atoms with van der Waals surface area (Å²) < 4.78 is 5.15. The minimum atomic E-state index is -0.0625. The highest BCUT2D eigenvalue weighted by Crippen LogP contribution is 2.26. The highest BCUT2D eigenvalue weighted by atomic mass is 16.5. The SMILES string of the molecule is CCOC(=O)[C@H](C)[C@@H]1CCCN1Cc1ccccc1. The first-order chi connectivity index (χ1) is 9.22. The molecule has 1 aliphatic rings. The fourth-order valence-corrected chi connectivity index (χ4v) is 2.86. The van der Waals surface area contributed by atoms with Gasteiger partial charge in [0.25, 0.3) is 0 Å². The molecule has 2 atom stereocenters. The van der Waals surface area contributed by atoms with E-state index in [-0.39, 0.29) is 11.9 Å². The van der Waals surface area contributed by atoms with Crippen LogP contribution in [0.3, 0.4) is 0 Å². The lowest BCUT2D eigenvalue weighted by molar-refractivity contribution is -0.149. The van der Waals surface area contributed by atoms with Crippen molar-refractivity contribution in [1.82, 2.24) is 4.90 Å². The molecule has 0 aromatic heterocycles. The first kappa shape index (κ1) is 14.1. The molecule has 1 saturated heterocycles. The third-order valence-corrected chi connectivity index (χ3v) is 3.88. The van der Waals surface area contributed by atoms with E-state index in [0.29, 0.717) is 12.6 Å². The van der Waals surface area contributed by atoms with Crippen LogP contribution in [0.15, 0.2) is 30.3 Å². The zero-order chi connectivity index (χ0) is 13.7. The number of benzene rings is 1. The van der Waals surface area contributed by atoms with Crippen molar-refractivity contribution in [1.29, 1.82) is 0 Å². The summed E-state index contributed by atoms with van der Waals surface area (Å²) in [5, 5.41) is 0. The van der Waals surface area contributed by atoms with Gasteiger partial charge in [-0.3, -0.25) is 9.69 Å². The van der Waals surface area contributed by atoms with E-state index in [1.807, 2.05) is 19.9 Å². The number of carbonyl (C=O) groups is 1. The maximum atomic E-state index is 11.9. The Labute approximate surface area is 115 Å². The first-order valence-electron chi connectivity index (χ1n) is 7.17.